The first-order chi connectivity index (χ1) is 15.5. The Morgan fingerprint density at radius 1 is 0.812 bits per heavy atom. The molecule has 0 aromatic heterocycles. The lowest BCUT2D eigenvalue weighted by molar-refractivity contribution is -0.126. The summed E-state index contributed by atoms with van der Waals surface area (Å²) in [5, 5.41) is 2.24. The lowest BCUT2D eigenvalue weighted by atomic mass is 9.90. The SMILES string of the molecule is CN(C)c1ccc([C@H]2[C@H]3C(=O)N(c4ccc(Cl)cc4)C(=O)[C@H]3ON2c2ccccc2)cc1. The number of nitrogens with zero attached hydrogens (tertiary/aromatic N) is 3. The normalized spacial score (nSPS) is 22.4. The second-order valence-corrected chi connectivity index (χ2v) is 8.57. The van der Waals surface area contributed by atoms with Gasteiger partial charge in [0, 0.05) is 24.8 Å². The molecule has 6 nitrogen and oxygen atoms in total. The monoisotopic (exact) mass is 447 g/mol. The molecule has 0 aliphatic carbocycles. The molecule has 2 heterocycles. The third-order valence-corrected chi connectivity index (χ3v) is 6.21. The molecule has 5 rings (SSSR count). The molecular weight excluding hydrogens is 426 g/mol. The molecule has 0 bridgehead atoms. The molecule has 0 saturated carbocycles. The summed E-state index contributed by atoms with van der Waals surface area (Å²) in [4.78, 5) is 36.3. The fourth-order valence-corrected chi connectivity index (χ4v) is 4.49. The van der Waals surface area contributed by atoms with E-state index in [-0.39, 0.29) is 11.8 Å². The van der Waals surface area contributed by atoms with Crippen molar-refractivity contribution in [2.45, 2.75) is 12.1 Å². The number of hydrogen-bond donors (Lipinski definition) is 0. The minimum atomic E-state index is -0.892. The minimum Gasteiger partial charge on any atom is -0.378 e. The lowest BCUT2D eigenvalue weighted by Gasteiger charge is -2.29. The molecular formula is C25H22ClN3O3. The van der Waals surface area contributed by atoms with E-state index in [1.165, 1.54) is 4.90 Å². The summed E-state index contributed by atoms with van der Waals surface area (Å²) in [5.74, 6) is -1.30. The number of carbonyl (C=O) groups is 2. The molecule has 0 unspecified atom stereocenters. The van der Waals surface area contributed by atoms with Gasteiger partial charge in [0.05, 0.1) is 17.4 Å². The minimum absolute atomic E-state index is 0.276. The van der Waals surface area contributed by atoms with Gasteiger partial charge in [0.1, 0.15) is 5.92 Å². The van der Waals surface area contributed by atoms with E-state index in [9.17, 15) is 9.59 Å². The number of hydrogen-bond acceptors (Lipinski definition) is 5. The van der Waals surface area contributed by atoms with Gasteiger partial charge in [0.25, 0.3) is 5.91 Å². The number of rotatable bonds is 4. The van der Waals surface area contributed by atoms with Crippen LogP contribution in [0.4, 0.5) is 17.1 Å². The first-order valence-electron chi connectivity index (χ1n) is 10.4. The van der Waals surface area contributed by atoms with E-state index in [0.717, 1.165) is 16.9 Å². The predicted molar refractivity (Wildman–Crippen MR) is 125 cm³/mol. The molecule has 3 aromatic carbocycles. The highest BCUT2D eigenvalue weighted by Crippen LogP contribution is 2.47. The molecule has 0 radical (unpaired) electrons. The van der Waals surface area contributed by atoms with E-state index in [1.807, 2.05) is 73.6 Å². The molecule has 2 saturated heterocycles. The molecule has 3 aromatic rings. The summed E-state index contributed by atoms with van der Waals surface area (Å²) in [6.45, 7) is 0. The number of para-hydroxylation sites is 1. The van der Waals surface area contributed by atoms with Crippen LogP contribution in [0.5, 0.6) is 0 Å². The van der Waals surface area contributed by atoms with E-state index >= 15 is 0 Å². The Morgan fingerprint density at radius 2 is 1.47 bits per heavy atom. The zero-order chi connectivity index (χ0) is 22.4. The Kier molecular flexibility index (Phi) is 5.12. The van der Waals surface area contributed by atoms with Crippen molar-refractivity contribution in [3.05, 3.63) is 89.4 Å². The average molecular weight is 448 g/mol. The van der Waals surface area contributed by atoms with Gasteiger partial charge >= 0.3 is 0 Å². The van der Waals surface area contributed by atoms with Gasteiger partial charge in [0.2, 0.25) is 5.91 Å². The van der Waals surface area contributed by atoms with Crippen molar-refractivity contribution < 1.29 is 14.4 Å². The van der Waals surface area contributed by atoms with Crippen LogP contribution in [0.15, 0.2) is 78.9 Å². The highest BCUT2D eigenvalue weighted by Gasteiger charge is 2.60. The van der Waals surface area contributed by atoms with Crippen LogP contribution in [0.25, 0.3) is 0 Å². The lowest BCUT2D eigenvalue weighted by Crippen LogP contribution is -2.37. The van der Waals surface area contributed by atoms with Gasteiger partial charge in [-0.1, -0.05) is 41.9 Å². The van der Waals surface area contributed by atoms with E-state index in [2.05, 4.69) is 0 Å². The Morgan fingerprint density at radius 3 is 2.09 bits per heavy atom. The van der Waals surface area contributed by atoms with Crippen molar-refractivity contribution in [3.63, 3.8) is 0 Å². The molecule has 7 heteroatoms. The molecule has 0 N–H and O–H groups in total. The van der Waals surface area contributed by atoms with Crippen molar-refractivity contribution in [1.29, 1.82) is 0 Å². The van der Waals surface area contributed by atoms with Crippen molar-refractivity contribution in [2.24, 2.45) is 5.92 Å². The summed E-state index contributed by atoms with van der Waals surface area (Å²) in [6.07, 6.45) is -0.892. The summed E-state index contributed by atoms with van der Waals surface area (Å²) in [5.41, 5.74) is 3.25. The first-order valence-corrected chi connectivity index (χ1v) is 10.8. The highest BCUT2D eigenvalue weighted by molar-refractivity contribution is 6.31. The molecule has 2 aliphatic rings. The first kappa shape index (κ1) is 20.5. The highest BCUT2D eigenvalue weighted by atomic mass is 35.5. The van der Waals surface area contributed by atoms with Gasteiger partial charge in [0.15, 0.2) is 6.10 Å². The third-order valence-electron chi connectivity index (χ3n) is 5.96. The van der Waals surface area contributed by atoms with Crippen LogP contribution >= 0.6 is 11.6 Å². The van der Waals surface area contributed by atoms with Crippen molar-refractivity contribution in [1.82, 2.24) is 0 Å². The largest absolute Gasteiger partial charge is 0.378 e. The fraction of sp³-hybridized carbons (Fsp3) is 0.200. The molecule has 2 amide bonds. The van der Waals surface area contributed by atoms with Crippen LogP contribution in [-0.4, -0.2) is 32.0 Å². The standard InChI is InChI=1S/C25H22ClN3O3/c1-27(2)18-12-8-16(9-13-18)22-21-23(32-29(22)20-6-4-3-5-7-20)25(31)28(24(21)30)19-14-10-17(26)11-15-19/h3-15,21-23H,1-2H3/t21-,22+,23+/m1/s1. The van der Waals surface area contributed by atoms with E-state index in [0.29, 0.717) is 10.7 Å². The van der Waals surface area contributed by atoms with Gasteiger partial charge in [-0.05, 0) is 54.1 Å². The number of fused-ring (bicyclic) bond motifs is 1. The van der Waals surface area contributed by atoms with Crippen molar-refractivity contribution in [2.75, 3.05) is 29.0 Å². The van der Waals surface area contributed by atoms with Gasteiger partial charge < -0.3 is 4.90 Å². The second kappa shape index (κ2) is 7.97. The summed E-state index contributed by atoms with van der Waals surface area (Å²) >= 11 is 5.99. The average Bonchev–Trinajstić information content (AvgIpc) is 3.31. The van der Waals surface area contributed by atoms with E-state index in [1.54, 1.807) is 29.3 Å². The van der Waals surface area contributed by atoms with Crippen LogP contribution in [0.3, 0.4) is 0 Å². The molecule has 2 fully saturated rings. The topological polar surface area (TPSA) is 53.1 Å². The maximum Gasteiger partial charge on any atom is 0.266 e. The Balaban J connectivity index is 1.56. The molecule has 3 atom stereocenters. The van der Waals surface area contributed by atoms with Crippen molar-refractivity contribution in [3.8, 4) is 0 Å². The van der Waals surface area contributed by atoms with Crippen LogP contribution in [0, 0.1) is 5.92 Å². The quantitative estimate of drug-likeness (QED) is 0.553. The zero-order valence-electron chi connectivity index (χ0n) is 17.7. The molecule has 162 valence electrons. The Labute approximate surface area is 191 Å². The van der Waals surface area contributed by atoms with E-state index in [4.69, 9.17) is 16.4 Å². The van der Waals surface area contributed by atoms with Crippen LogP contribution < -0.4 is 14.9 Å². The number of hydroxylamine groups is 1. The Hall–Kier alpha value is -3.35. The number of carbonyl (C=O) groups excluding carboxylic acids is 2. The third kappa shape index (κ3) is 3.32. The number of amides is 2. The summed E-state index contributed by atoms with van der Waals surface area (Å²) in [6, 6.07) is 23.8. The zero-order valence-corrected chi connectivity index (χ0v) is 18.4. The smallest absolute Gasteiger partial charge is 0.266 e. The molecule has 0 spiro atoms. The second-order valence-electron chi connectivity index (χ2n) is 8.13. The number of benzene rings is 3. The fourth-order valence-electron chi connectivity index (χ4n) is 4.37. The van der Waals surface area contributed by atoms with Gasteiger partial charge in [-0.15, -0.1) is 0 Å². The maximum absolute atomic E-state index is 13.6. The van der Waals surface area contributed by atoms with Crippen molar-refractivity contribution >= 4 is 40.5 Å². The van der Waals surface area contributed by atoms with E-state index < -0.39 is 18.1 Å². The van der Waals surface area contributed by atoms with Crippen LogP contribution in [0.2, 0.25) is 5.02 Å². The van der Waals surface area contributed by atoms with Gasteiger partial charge in [-0.3, -0.25) is 14.4 Å². The Bertz CT molecular complexity index is 1150. The number of anilines is 3. The number of halogens is 1. The molecule has 2 aliphatic heterocycles. The number of imide groups is 1. The van der Waals surface area contributed by atoms with Gasteiger partial charge in [-0.2, -0.15) is 0 Å². The molecule has 32 heavy (non-hydrogen) atoms. The predicted octanol–water partition coefficient (Wildman–Crippen LogP) is 4.46. The summed E-state index contributed by atoms with van der Waals surface area (Å²) < 4.78 is 0. The maximum atomic E-state index is 13.6. The van der Waals surface area contributed by atoms with Crippen LogP contribution in [-0.2, 0) is 14.4 Å². The van der Waals surface area contributed by atoms with Gasteiger partial charge in [-0.25, -0.2) is 9.96 Å². The summed E-state index contributed by atoms with van der Waals surface area (Å²) in [7, 11) is 3.95. The van der Waals surface area contributed by atoms with Crippen LogP contribution in [0.1, 0.15) is 11.6 Å².